The van der Waals surface area contributed by atoms with Gasteiger partial charge in [-0.25, -0.2) is 14.4 Å². The summed E-state index contributed by atoms with van der Waals surface area (Å²) in [7, 11) is 0. The first kappa shape index (κ1) is 27.2. The minimum atomic E-state index is -2.33. The van der Waals surface area contributed by atoms with Gasteiger partial charge in [-0.1, -0.05) is 65.7 Å². The van der Waals surface area contributed by atoms with Gasteiger partial charge in [0, 0.05) is 5.56 Å². The molecule has 0 spiro atoms. The molecule has 2 atom stereocenters. The molecule has 0 aliphatic carbocycles. The number of halogens is 2. The summed E-state index contributed by atoms with van der Waals surface area (Å²) >= 11 is 12.0. The van der Waals surface area contributed by atoms with Crippen molar-refractivity contribution < 1.29 is 38.6 Å². The van der Waals surface area contributed by atoms with Gasteiger partial charge >= 0.3 is 17.9 Å². The molecule has 0 heterocycles. The van der Waals surface area contributed by atoms with Crippen LogP contribution in [0.15, 0.2) is 78.9 Å². The number of ether oxygens (including phenoxy) is 2. The van der Waals surface area contributed by atoms with E-state index in [1.54, 1.807) is 18.2 Å². The highest BCUT2D eigenvalue weighted by Crippen LogP contribution is 2.20. The highest BCUT2D eigenvalue weighted by molar-refractivity contribution is 6.34. The van der Waals surface area contributed by atoms with E-state index in [0.717, 1.165) is 0 Å². The summed E-state index contributed by atoms with van der Waals surface area (Å²) in [5, 5.41) is 9.68. The van der Waals surface area contributed by atoms with E-state index >= 15 is 0 Å². The van der Waals surface area contributed by atoms with Crippen LogP contribution in [0.2, 0.25) is 10.0 Å². The first-order chi connectivity index (χ1) is 17.7. The topological polar surface area (TPSA) is 148 Å². The average molecular weight is 545 g/mol. The third kappa shape index (κ3) is 7.06. The van der Waals surface area contributed by atoms with Gasteiger partial charge < -0.3 is 14.6 Å². The molecule has 0 radical (unpaired) electrons. The van der Waals surface area contributed by atoms with Crippen molar-refractivity contribution >= 4 is 52.9 Å². The van der Waals surface area contributed by atoms with Crippen LogP contribution in [0.1, 0.15) is 31.1 Å². The number of benzene rings is 3. The van der Waals surface area contributed by atoms with Crippen LogP contribution in [0.5, 0.6) is 0 Å². The van der Waals surface area contributed by atoms with E-state index in [1.807, 2.05) is 5.43 Å². The molecule has 10 nitrogen and oxygen atoms in total. The molecule has 0 saturated heterocycles. The largest absolute Gasteiger partial charge is 0.478 e. The molecular formula is C25H18Cl2N2O8. The summed E-state index contributed by atoms with van der Waals surface area (Å²) in [5.74, 6) is -6.24. The van der Waals surface area contributed by atoms with Gasteiger partial charge in [-0.3, -0.25) is 20.4 Å². The predicted molar refractivity (Wildman–Crippen MR) is 131 cm³/mol. The van der Waals surface area contributed by atoms with Gasteiger partial charge in [0.15, 0.2) is 0 Å². The Hall–Kier alpha value is -4.41. The number of carbonyl (C=O) groups is 5. The van der Waals surface area contributed by atoms with Crippen molar-refractivity contribution in [3.05, 3.63) is 106 Å². The Labute approximate surface area is 220 Å². The molecule has 190 valence electrons. The number of amides is 2. The summed E-state index contributed by atoms with van der Waals surface area (Å²) < 4.78 is 10.1. The first-order valence-corrected chi connectivity index (χ1v) is 11.2. The number of carboxylic acid groups (broad SMARTS) is 1. The lowest BCUT2D eigenvalue weighted by Gasteiger charge is -2.24. The van der Waals surface area contributed by atoms with E-state index < -0.39 is 41.9 Å². The van der Waals surface area contributed by atoms with E-state index in [0.29, 0.717) is 0 Å². The third-order valence-corrected chi connectivity index (χ3v) is 5.43. The lowest BCUT2D eigenvalue weighted by Crippen LogP contribution is -2.54. The SMILES string of the molecule is O=C(NNC(=O)[C@H](OC(=O)c1ccccc1Cl)[C@@H](OC(=O)c1ccccc1Cl)C(=O)O)c1ccccc1. The van der Waals surface area contributed by atoms with Gasteiger partial charge in [-0.05, 0) is 36.4 Å². The molecule has 3 rings (SSSR count). The zero-order valence-electron chi connectivity index (χ0n) is 18.7. The number of carboxylic acids is 1. The summed E-state index contributed by atoms with van der Waals surface area (Å²) in [6, 6.07) is 19.0. The van der Waals surface area contributed by atoms with E-state index in [-0.39, 0.29) is 26.7 Å². The summed E-state index contributed by atoms with van der Waals surface area (Å²) in [6.45, 7) is 0. The molecule has 0 fully saturated rings. The smallest absolute Gasteiger partial charge is 0.349 e. The van der Waals surface area contributed by atoms with Gasteiger partial charge in [0.25, 0.3) is 11.8 Å². The Morgan fingerprint density at radius 1 is 0.649 bits per heavy atom. The molecule has 3 aromatic carbocycles. The molecule has 3 aromatic rings. The van der Waals surface area contributed by atoms with E-state index in [1.165, 1.54) is 60.7 Å². The fraction of sp³-hybridized carbons (Fsp3) is 0.0800. The zero-order chi connectivity index (χ0) is 26.9. The van der Waals surface area contributed by atoms with Crippen molar-refractivity contribution in [1.82, 2.24) is 10.9 Å². The standard InChI is InChI=1S/C25H18Cl2N2O8/c26-17-12-6-4-10-15(17)24(34)36-19(22(31)29-28-21(30)14-8-2-1-3-9-14)20(23(32)33)37-25(35)16-11-5-7-13-18(16)27/h1-13,19-20H,(H,28,30)(H,29,31)(H,32,33)/t19-,20-/m1/s1. The second-order valence-electron chi connectivity index (χ2n) is 7.26. The van der Waals surface area contributed by atoms with Crippen molar-refractivity contribution in [2.45, 2.75) is 12.2 Å². The molecule has 0 aromatic heterocycles. The number of hydrazine groups is 1. The Balaban J connectivity index is 1.87. The van der Waals surface area contributed by atoms with Crippen LogP contribution in [0.3, 0.4) is 0 Å². The highest BCUT2D eigenvalue weighted by Gasteiger charge is 2.41. The molecule has 0 unspecified atom stereocenters. The molecule has 0 bridgehead atoms. The quantitative estimate of drug-likeness (QED) is 0.289. The molecule has 3 N–H and O–H groups in total. The maximum atomic E-state index is 12.9. The summed E-state index contributed by atoms with van der Waals surface area (Å²) in [4.78, 5) is 62.7. The van der Waals surface area contributed by atoms with Crippen molar-refractivity contribution in [3.63, 3.8) is 0 Å². The van der Waals surface area contributed by atoms with E-state index in [4.69, 9.17) is 32.7 Å². The van der Waals surface area contributed by atoms with Crippen LogP contribution < -0.4 is 10.9 Å². The number of esters is 2. The van der Waals surface area contributed by atoms with Gasteiger partial charge in [-0.15, -0.1) is 0 Å². The number of nitrogens with one attached hydrogen (secondary N) is 2. The lowest BCUT2D eigenvalue weighted by atomic mass is 10.1. The second kappa shape index (κ2) is 12.5. The van der Waals surface area contributed by atoms with Gasteiger partial charge in [0.2, 0.25) is 12.2 Å². The lowest BCUT2D eigenvalue weighted by molar-refractivity contribution is -0.159. The van der Waals surface area contributed by atoms with Gasteiger partial charge in [0.05, 0.1) is 21.2 Å². The molecule has 12 heteroatoms. The van der Waals surface area contributed by atoms with E-state index in [9.17, 15) is 29.1 Å². The minimum Gasteiger partial charge on any atom is -0.478 e. The molecule has 37 heavy (non-hydrogen) atoms. The van der Waals surface area contributed by atoms with Crippen LogP contribution in [0.4, 0.5) is 0 Å². The predicted octanol–water partition coefficient (Wildman–Crippen LogP) is 3.29. The third-order valence-electron chi connectivity index (χ3n) is 4.77. The maximum Gasteiger partial charge on any atom is 0.349 e. The molecule has 0 saturated carbocycles. The normalized spacial score (nSPS) is 11.9. The first-order valence-electron chi connectivity index (χ1n) is 10.5. The monoisotopic (exact) mass is 544 g/mol. The molecule has 2 amide bonds. The fourth-order valence-corrected chi connectivity index (χ4v) is 3.38. The summed E-state index contributed by atoms with van der Waals surface area (Å²) in [5.41, 5.74) is 3.86. The number of hydrogen-bond donors (Lipinski definition) is 3. The number of carbonyl (C=O) groups excluding carboxylic acids is 4. The van der Waals surface area contributed by atoms with E-state index in [2.05, 4.69) is 5.43 Å². The molecular weight excluding hydrogens is 527 g/mol. The maximum absolute atomic E-state index is 12.9. The second-order valence-corrected chi connectivity index (χ2v) is 8.07. The van der Waals surface area contributed by atoms with Crippen molar-refractivity contribution in [2.24, 2.45) is 0 Å². The van der Waals surface area contributed by atoms with Crippen LogP contribution in [0.25, 0.3) is 0 Å². The van der Waals surface area contributed by atoms with Gasteiger partial charge in [-0.2, -0.15) is 0 Å². The van der Waals surface area contributed by atoms with Crippen LogP contribution >= 0.6 is 23.2 Å². The number of hydrogen-bond acceptors (Lipinski definition) is 7. The highest BCUT2D eigenvalue weighted by atomic mass is 35.5. The van der Waals surface area contributed by atoms with Crippen molar-refractivity contribution in [2.75, 3.05) is 0 Å². The molecule has 0 aliphatic heterocycles. The van der Waals surface area contributed by atoms with Crippen LogP contribution in [0, 0.1) is 0 Å². The van der Waals surface area contributed by atoms with Crippen molar-refractivity contribution in [1.29, 1.82) is 0 Å². The Morgan fingerprint density at radius 2 is 1.11 bits per heavy atom. The van der Waals surface area contributed by atoms with Gasteiger partial charge in [0.1, 0.15) is 0 Å². The minimum absolute atomic E-state index is 0.0380. The Morgan fingerprint density at radius 3 is 1.59 bits per heavy atom. The Kier molecular flexibility index (Phi) is 9.20. The van der Waals surface area contributed by atoms with Crippen molar-refractivity contribution in [3.8, 4) is 0 Å². The van der Waals surface area contributed by atoms with Crippen LogP contribution in [-0.4, -0.2) is 47.0 Å². The fourth-order valence-electron chi connectivity index (χ4n) is 2.96. The number of rotatable bonds is 8. The number of aliphatic carboxylic acids is 1. The average Bonchev–Trinajstić information content (AvgIpc) is 2.89. The Bertz CT molecular complexity index is 1330. The van der Waals surface area contributed by atoms with Crippen LogP contribution in [-0.2, 0) is 19.1 Å². The zero-order valence-corrected chi connectivity index (χ0v) is 20.2. The summed E-state index contributed by atoms with van der Waals surface area (Å²) in [6.07, 6.45) is -4.58. The molecule has 0 aliphatic rings.